The van der Waals surface area contributed by atoms with E-state index in [2.05, 4.69) is 5.32 Å². The summed E-state index contributed by atoms with van der Waals surface area (Å²) in [4.78, 5) is 14.8. The highest BCUT2D eigenvalue weighted by molar-refractivity contribution is 7.86. The number of fused-ring (bicyclic) bond motifs is 1. The van der Waals surface area contributed by atoms with Crippen molar-refractivity contribution in [2.75, 3.05) is 44.6 Å². The van der Waals surface area contributed by atoms with Crippen LogP contribution in [0.2, 0.25) is 0 Å². The van der Waals surface area contributed by atoms with E-state index in [0.29, 0.717) is 39.3 Å². The zero-order chi connectivity index (χ0) is 21.0. The lowest BCUT2D eigenvalue weighted by molar-refractivity contribution is -0.121. The van der Waals surface area contributed by atoms with Crippen molar-refractivity contribution in [2.45, 2.75) is 26.8 Å². The van der Waals surface area contributed by atoms with Crippen molar-refractivity contribution >= 4 is 32.6 Å². The average Bonchev–Trinajstić information content (AvgIpc) is 2.74. The predicted octanol–water partition coefficient (Wildman–Crippen LogP) is 2.37. The molecule has 0 aromatic heterocycles. The van der Waals surface area contributed by atoms with E-state index < -0.39 is 10.2 Å². The van der Waals surface area contributed by atoms with Crippen molar-refractivity contribution in [3.63, 3.8) is 0 Å². The van der Waals surface area contributed by atoms with Gasteiger partial charge in [0.1, 0.15) is 0 Å². The van der Waals surface area contributed by atoms with Gasteiger partial charge in [0.15, 0.2) is 0 Å². The Labute approximate surface area is 173 Å². The Morgan fingerprint density at radius 2 is 1.66 bits per heavy atom. The number of amides is 1. The molecule has 2 aromatic carbocycles. The number of hydrogen-bond donors (Lipinski definition) is 1. The Balaban J connectivity index is 1.59. The molecule has 0 bridgehead atoms. The molecule has 1 aliphatic rings. The van der Waals surface area contributed by atoms with E-state index in [1.54, 1.807) is 0 Å². The lowest BCUT2D eigenvalue weighted by Gasteiger charge is -2.38. The highest BCUT2D eigenvalue weighted by atomic mass is 32.2. The Bertz CT molecular complexity index is 951. The summed E-state index contributed by atoms with van der Waals surface area (Å²) in [5.41, 5.74) is 0.767. The van der Waals surface area contributed by atoms with Crippen LogP contribution < -0.4 is 5.32 Å². The number of benzene rings is 2. The maximum atomic E-state index is 12.7. The van der Waals surface area contributed by atoms with Gasteiger partial charge in [-0.05, 0) is 29.8 Å². The fourth-order valence-electron chi connectivity index (χ4n) is 3.71. The Kier molecular flexibility index (Phi) is 6.89. The van der Waals surface area contributed by atoms with Crippen LogP contribution >= 0.6 is 0 Å². The smallest absolute Gasteiger partial charge is 0.282 e. The first kappa shape index (κ1) is 21.7. The first-order valence-electron chi connectivity index (χ1n) is 10.2. The van der Waals surface area contributed by atoms with Crippen LogP contribution in [-0.4, -0.2) is 73.1 Å². The van der Waals surface area contributed by atoms with Crippen molar-refractivity contribution in [3.8, 4) is 0 Å². The molecule has 7 nitrogen and oxygen atoms in total. The SMILES string of the molecule is CCN(CC)S(=O)(=O)N1CCN(C(C)C(=O)Nc2ccc3ccccc3c2)CC1. The first-order valence-corrected chi connectivity index (χ1v) is 11.6. The van der Waals surface area contributed by atoms with E-state index in [4.69, 9.17) is 0 Å². The number of hydrogen-bond acceptors (Lipinski definition) is 4. The molecular weight excluding hydrogens is 388 g/mol. The molecule has 3 rings (SSSR count). The summed E-state index contributed by atoms with van der Waals surface area (Å²) in [7, 11) is -3.42. The van der Waals surface area contributed by atoms with Crippen molar-refractivity contribution in [1.82, 2.24) is 13.5 Å². The van der Waals surface area contributed by atoms with Crippen LogP contribution in [0.4, 0.5) is 5.69 Å². The van der Waals surface area contributed by atoms with Crippen LogP contribution in [0.25, 0.3) is 10.8 Å². The molecule has 1 unspecified atom stereocenters. The first-order chi connectivity index (χ1) is 13.9. The monoisotopic (exact) mass is 418 g/mol. The fraction of sp³-hybridized carbons (Fsp3) is 0.476. The van der Waals surface area contributed by atoms with Gasteiger partial charge in [0.05, 0.1) is 6.04 Å². The quantitative estimate of drug-likeness (QED) is 0.749. The number of piperazine rings is 1. The summed E-state index contributed by atoms with van der Waals surface area (Å²) in [5, 5.41) is 5.19. The molecule has 0 radical (unpaired) electrons. The summed E-state index contributed by atoms with van der Waals surface area (Å²) >= 11 is 0. The molecule has 1 heterocycles. The predicted molar refractivity (Wildman–Crippen MR) is 117 cm³/mol. The largest absolute Gasteiger partial charge is 0.325 e. The second-order valence-corrected chi connectivity index (χ2v) is 9.18. The van der Waals surface area contributed by atoms with Crippen molar-refractivity contribution in [2.24, 2.45) is 0 Å². The molecule has 0 aliphatic carbocycles. The van der Waals surface area contributed by atoms with Gasteiger partial charge in [0.2, 0.25) is 5.91 Å². The molecule has 2 aromatic rings. The Morgan fingerprint density at radius 3 is 2.28 bits per heavy atom. The Morgan fingerprint density at radius 1 is 1.03 bits per heavy atom. The zero-order valence-electron chi connectivity index (χ0n) is 17.3. The molecule has 29 heavy (non-hydrogen) atoms. The van der Waals surface area contributed by atoms with Gasteiger partial charge in [-0.25, -0.2) is 0 Å². The second kappa shape index (κ2) is 9.21. The van der Waals surface area contributed by atoms with E-state index >= 15 is 0 Å². The molecule has 1 saturated heterocycles. The van der Waals surface area contributed by atoms with Gasteiger partial charge >= 0.3 is 0 Å². The summed E-state index contributed by atoms with van der Waals surface area (Å²) in [6, 6.07) is 13.5. The van der Waals surface area contributed by atoms with Gasteiger partial charge in [-0.2, -0.15) is 17.0 Å². The number of carbonyl (C=O) groups is 1. The topological polar surface area (TPSA) is 73.0 Å². The number of rotatable bonds is 7. The lowest BCUT2D eigenvalue weighted by atomic mass is 10.1. The third-order valence-electron chi connectivity index (χ3n) is 5.58. The average molecular weight is 419 g/mol. The zero-order valence-corrected chi connectivity index (χ0v) is 18.2. The molecule has 1 atom stereocenters. The van der Waals surface area contributed by atoms with Gasteiger partial charge in [-0.15, -0.1) is 0 Å². The lowest BCUT2D eigenvalue weighted by Crippen LogP contribution is -2.56. The molecule has 0 saturated carbocycles. The van der Waals surface area contributed by atoms with E-state index in [0.717, 1.165) is 16.5 Å². The molecule has 1 aliphatic heterocycles. The minimum atomic E-state index is -3.42. The van der Waals surface area contributed by atoms with Gasteiger partial charge in [0, 0.05) is 45.0 Å². The molecule has 1 fully saturated rings. The highest BCUT2D eigenvalue weighted by Gasteiger charge is 2.33. The van der Waals surface area contributed by atoms with Gasteiger partial charge in [-0.3, -0.25) is 9.69 Å². The number of carbonyl (C=O) groups excluding carboxylic acids is 1. The Hall–Kier alpha value is -2.00. The molecule has 158 valence electrons. The normalized spacial score (nSPS) is 17.5. The van der Waals surface area contributed by atoms with Crippen LogP contribution in [-0.2, 0) is 15.0 Å². The molecule has 8 heteroatoms. The van der Waals surface area contributed by atoms with Crippen molar-refractivity contribution < 1.29 is 13.2 Å². The van der Waals surface area contributed by atoms with Gasteiger partial charge in [0.25, 0.3) is 10.2 Å². The maximum Gasteiger partial charge on any atom is 0.282 e. The summed E-state index contributed by atoms with van der Waals surface area (Å²) in [6.07, 6.45) is 0. The number of anilines is 1. The van der Waals surface area contributed by atoms with Gasteiger partial charge < -0.3 is 5.32 Å². The fourth-order valence-corrected chi connectivity index (χ4v) is 5.32. The van der Waals surface area contributed by atoms with Crippen LogP contribution in [0.5, 0.6) is 0 Å². The van der Waals surface area contributed by atoms with Crippen LogP contribution in [0.3, 0.4) is 0 Å². The number of nitrogens with one attached hydrogen (secondary N) is 1. The highest BCUT2D eigenvalue weighted by Crippen LogP contribution is 2.20. The van der Waals surface area contributed by atoms with E-state index in [-0.39, 0.29) is 11.9 Å². The summed E-state index contributed by atoms with van der Waals surface area (Å²) in [6.45, 7) is 8.34. The third kappa shape index (κ3) is 4.78. The van der Waals surface area contributed by atoms with Crippen molar-refractivity contribution in [3.05, 3.63) is 42.5 Å². The van der Waals surface area contributed by atoms with E-state index in [9.17, 15) is 13.2 Å². The minimum absolute atomic E-state index is 0.0830. The van der Waals surface area contributed by atoms with Crippen LogP contribution in [0, 0.1) is 0 Å². The van der Waals surface area contributed by atoms with Crippen molar-refractivity contribution in [1.29, 1.82) is 0 Å². The number of nitrogens with zero attached hydrogens (tertiary/aromatic N) is 3. The molecule has 1 N–H and O–H groups in total. The minimum Gasteiger partial charge on any atom is -0.325 e. The van der Waals surface area contributed by atoms with E-state index in [1.165, 1.54) is 8.61 Å². The van der Waals surface area contributed by atoms with Crippen LogP contribution in [0.15, 0.2) is 42.5 Å². The summed E-state index contributed by atoms with van der Waals surface area (Å²) in [5.74, 6) is -0.0830. The molecular formula is C21H30N4O3S. The standard InChI is InChI=1S/C21H30N4O3S/c1-4-24(5-2)29(27,28)25-14-12-23(13-15-25)17(3)21(26)22-20-11-10-18-8-6-7-9-19(18)16-20/h6-11,16-17H,4-5,12-15H2,1-3H3,(H,22,26). The third-order valence-corrected chi connectivity index (χ3v) is 7.76. The second-order valence-electron chi connectivity index (χ2n) is 7.25. The van der Waals surface area contributed by atoms with Gasteiger partial charge in [-0.1, -0.05) is 44.2 Å². The molecule has 0 spiro atoms. The maximum absolute atomic E-state index is 12.7. The van der Waals surface area contributed by atoms with Crippen LogP contribution in [0.1, 0.15) is 20.8 Å². The summed E-state index contributed by atoms with van der Waals surface area (Å²) < 4.78 is 28.3. The van der Waals surface area contributed by atoms with E-state index in [1.807, 2.05) is 68.1 Å². The molecule has 1 amide bonds.